The van der Waals surface area contributed by atoms with Gasteiger partial charge in [-0.05, 0) is 19.4 Å². The molecule has 1 aromatic rings. The van der Waals surface area contributed by atoms with Crippen LogP contribution in [-0.2, 0) is 20.8 Å². The fraction of sp³-hybridized carbons (Fsp3) is 0.438. The normalized spacial score (nSPS) is 28.0. The lowest BCUT2D eigenvalue weighted by atomic mass is 9.96. The lowest BCUT2D eigenvalue weighted by Crippen LogP contribution is -2.70. The SMILES string of the molecule is CC1(C)SC2[C@@H](NC(=O)Cc3ccccc3)C(=O)N2[C@@H]1C(=O)O. The van der Waals surface area contributed by atoms with E-state index in [2.05, 4.69) is 5.32 Å². The van der Waals surface area contributed by atoms with Crippen LogP contribution in [-0.4, -0.2) is 50.0 Å². The predicted molar refractivity (Wildman–Crippen MR) is 85.8 cm³/mol. The molecule has 2 heterocycles. The zero-order chi connectivity index (χ0) is 16.8. The Morgan fingerprint density at radius 2 is 1.96 bits per heavy atom. The topological polar surface area (TPSA) is 86.7 Å². The van der Waals surface area contributed by atoms with Crippen LogP contribution in [0.1, 0.15) is 19.4 Å². The molecule has 2 fully saturated rings. The summed E-state index contributed by atoms with van der Waals surface area (Å²) in [7, 11) is 0. The van der Waals surface area contributed by atoms with Gasteiger partial charge in [0.05, 0.1) is 6.42 Å². The molecule has 122 valence electrons. The second-order valence-corrected chi connectivity index (χ2v) is 8.08. The number of benzene rings is 1. The van der Waals surface area contributed by atoms with E-state index in [9.17, 15) is 19.5 Å². The summed E-state index contributed by atoms with van der Waals surface area (Å²) in [5, 5.41) is 11.8. The van der Waals surface area contributed by atoms with Crippen LogP contribution in [0.15, 0.2) is 30.3 Å². The van der Waals surface area contributed by atoms with Gasteiger partial charge in [-0.15, -0.1) is 11.8 Å². The Morgan fingerprint density at radius 1 is 1.30 bits per heavy atom. The summed E-state index contributed by atoms with van der Waals surface area (Å²) >= 11 is 1.42. The second-order valence-electron chi connectivity index (χ2n) is 6.31. The fourth-order valence-electron chi connectivity index (χ4n) is 3.15. The number of β-lactam (4-membered cyclic amide) rings is 1. The number of carboxylic acids is 1. The van der Waals surface area contributed by atoms with Crippen LogP contribution in [0.5, 0.6) is 0 Å². The number of rotatable bonds is 4. The molecule has 0 aromatic heterocycles. The van der Waals surface area contributed by atoms with Crippen molar-refractivity contribution in [3.8, 4) is 0 Å². The van der Waals surface area contributed by atoms with Crippen LogP contribution >= 0.6 is 11.8 Å². The molecule has 2 aliphatic heterocycles. The highest BCUT2D eigenvalue weighted by Crippen LogP contribution is 2.50. The van der Waals surface area contributed by atoms with E-state index in [-0.39, 0.29) is 23.6 Å². The van der Waals surface area contributed by atoms with E-state index < -0.39 is 22.8 Å². The summed E-state index contributed by atoms with van der Waals surface area (Å²) in [5.74, 6) is -1.55. The number of thioether (sulfide) groups is 1. The lowest BCUT2D eigenvalue weighted by molar-refractivity contribution is -0.161. The molecule has 3 rings (SSSR count). The quantitative estimate of drug-likeness (QED) is 0.798. The summed E-state index contributed by atoms with van der Waals surface area (Å²) in [6.07, 6.45) is 0.202. The summed E-state index contributed by atoms with van der Waals surface area (Å²) in [4.78, 5) is 37.2. The van der Waals surface area contributed by atoms with Gasteiger partial charge in [-0.1, -0.05) is 30.3 Å². The van der Waals surface area contributed by atoms with Crippen LogP contribution in [0, 0.1) is 0 Å². The number of nitrogens with zero attached hydrogens (tertiary/aromatic N) is 1. The van der Waals surface area contributed by atoms with E-state index >= 15 is 0 Å². The minimum absolute atomic E-state index is 0.202. The number of amides is 2. The van der Waals surface area contributed by atoms with Crippen molar-refractivity contribution in [1.29, 1.82) is 0 Å². The molecular weight excluding hydrogens is 316 g/mol. The molecule has 0 saturated carbocycles. The first-order valence-electron chi connectivity index (χ1n) is 7.37. The van der Waals surface area contributed by atoms with E-state index in [0.717, 1.165) is 5.56 Å². The highest BCUT2D eigenvalue weighted by Gasteiger charge is 2.64. The van der Waals surface area contributed by atoms with Crippen molar-refractivity contribution in [1.82, 2.24) is 10.2 Å². The van der Waals surface area contributed by atoms with E-state index in [4.69, 9.17) is 0 Å². The average molecular weight is 334 g/mol. The van der Waals surface area contributed by atoms with Crippen LogP contribution in [0.3, 0.4) is 0 Å². The number of carbonyl (C=O) groups excluding carboxylic acids is 2. The standard InChI is InChI=1S/C16H18N2O4S/c1-16(2)12(15(21)22)18-13(20)11(14(18)23-16)17-10(19)8-9-6-4-3-5-7-9/h3-7,11-12,14H,8H2,1-2H3,(H,17,19)(H,21,22)/t11-,12+,14?/m0/s1. The van der Waals surface area contributed by atoms with Gasteiger partial charge in [0.25, 0.3) is 0 Å². The maximum Gasteiger partial charge on any atom is 0.327 e. The molecule has 23 heavy (non-hydrogen) atoms. The first kappa shape index (κ1) is 15.9. The molecule has 1 unspecified atom stereocenters. The first-order valence-corrected chi connectivity index (χ1v) is 8.25. The third-order valence-corrected chi connectivity index (χ3v) is 5.77. The van der Waals surface area contributed by atoms with Crippen LogP contribution in [0.25, 0.3) is 0 Å². The molecular formula is C16H18N2O4S. The van der Waals surface area contributed by atoms with Crippen molar-refractivity contribution in [3.63, 3.8) is 0 Å². The van der Waals surface area contributed by atoms with E-state index in [1.165, 1.54) is 16.7 Å². The van der Waals surface area contributed by atoms with Gasteiger partial charge in [0.1, 0.15) is 17.5 Å². The predicted octanol–water partition coefficient (Wildman–Crippen LogP) is 0.861. The Kier molecular flexibility index (Phi) is 3.83. The number of fused-ring (bicyclic) bond motifs is 1. The fourth-order valence-corrected chi connectivity index (χ4v) is 4.78. The Bertz CT molecular complexity index is 661. The maximum absolute atomic E-state index is 12.3. The number of carbonyl (C=O) groups is 3. The zero-order valence-electron chi connectivity index (χ0n) is 12.9. The van der Waals surface area contributed by atoms with Crippen molar-refractivity contribution in [2.24, 2.45) is 0 Å². The van der Waals surface area contributed by atoms with Gasteiger partial charge in [-0.25, -0.2) is 4.79 Å². The maximum atomic E-state index is 12.3. The molecule has 2 amide bonds. The number of nitrogens with one attached hydrogen (secondary N) is 1. The number of hydrogen-bond acceptors (Lipinski definition) is 4. The third-order valence-electron chi connectivity index (χ3n) is 4.20. The Morgan fingerprint density at radius 3 is 2.57 bits per heavy atom. The number of carboxylic acid groups (broad SMARTS) is 1. The molecule has 0 aliphatic carbocycles. The monoisotopic (exact) mass is 334 g/mol. The van der Waals surface area contributed by atoms with E-state index in [1.54, 1.807) is 0 Å². The highest BCUT2D eigenvalue weighted by atomic mass is 32.2. The van der Waals surface area contributed by atoms with Crippen molar-refractivity contribution in [2.45, 2.75) is 42.5 Å². The van der Waals surface area contributed by atoms with Gasteiger partial charge in [0, 0.05) is 4.75 Å². The molecule has 2 saturated heterocycles. The molecule has 2 N–H and O–H groups in total. The molecule has 3 atom stereocenters. The zero-order valence-corrected chi connectivity index (χ0v) is 13.7. The number of hydrogen-bond donors (Lipinski definition) is 2. The summed E-state index contributed by atoms with van der Waals surface area (Å²) < 4.78 is -0.578. The minimum atomic E-state index is -1.01. The first-order chi connectivity index (χ1) is 10.8. The Balaban J connectivity index is 1.66. The van der Waals surface area contributed by atoms with E-state index in [0.29, 0.717) is 0 Å². The number of aliphatic carboxylic acids is 1. The molecule has 0 bridgehead atoms. The van der Waals surface area contributed by atoms with Gasteiger partial charge in [0.2, 0.25) is 11.8 Å². The molecule has 1 aromatic carbocycles. The van der Waals surface area contributed by atoms with Crippen LogP contribution in [0.2, 0.25) is 0 Å². The van der Waals surface area contributed by atoms with Crippen LogP contribution in [0.4, 0.5) is 0 Å². The highest BCUT2D eigenvalue weighted by molar-refractivity contribution is 8.01. The largest absolute Gasteiger partial charge is 0.480 e. The average Bonchev–Trinajstić information content (AvgIpc) is 2.74. The Labute approximate surface area is 138 Å². The van der Waals surface area contributed by atoms with Gasteiger partial charge < -0.3 is 15.3 Å². The van der Waals surface area contributed by atoms with Crippen molar-refractivity contribution < 1.29 is 19.5 Å². The molecule has 6 nitrogen and oxygen atoms in total. The lowest BCUT2D eigenvalue weighted by Gasteiger charge is -2.43. The molecule has 7 heteroatoms. The van der Waals surface area contributed by atoms with E-state index in [1.807, 2.05) is 44.2 Å². The van der Waals surface area contributed by atoms with Crippen molar-refractivity contribution in [2.75, 3.05) is 0 Å². The second kappa shape index (κ2) is 5.56. The molecule has 0 radical (unpaired) electrons. The summed E-state index contributed by atoms with van der Waals surface area (Å²) in [5.41, 5.74) is 0.872. The summed E-state index contributed by atoms with van der Waals surface area (Å²) in [6, 6.07) is 7.78. The third kappa shape index (κ3) is 2.69. The van der Waals surface area contributed by atoms with Crippen molar-refractivity contribution >= 4 is 29.5 Å². The minimum Gasteiger partial charge on any atom is -0.480 e. The van der Waals surface area contributed by atoms with Gasteiger partial charge in [0.15, 0.2) is 0 Å². The van der Waals surface area contributed by atoms with Crippen LogP contribution < -0.4 is 5.32 Å². The molecule has 0 spiro atoms. The van der Waals surface area contributed by atoms with Gasteiger partial charge in [-0.2, -0.15) is 0 Å². The molecule has 2 aliphatic rings. The smallest absolute Gasteiger partial charge is 0.327 e. The van der Waals surface area contributed by atoms with Crippen molar-refractivity contribution in [3.05, 3.63) is 35.9 Å². The Hall–Kier alpha value is -2.02. The van der Waals surface area contributed by atoms with Gasteiger partial charge in [-0.3, -0.25) is 9.59 Å². The summed E-state index contributed by atoms with van der Waals surface area (Å²) in [6.45, 7) is 3.62. The van der Waals surface area contributed by atoms with Gasteiger partial charge >= 0.3 is 5.97 Å².